The molecule has 0 saturated heterocycles. The van der Waals surface area contributed by atoms with Gasteiger partial charge in [-0.1, -0.05) is 24.3 Å². The predicted molar refractivity (Wildman–Crippen MR) is 80.0 cm³/mol. The van der Waals surface area contributed by atoms with Crippen LogP contribution in [0.4, 0.5) is 0 Å². The second-order valence-corrected chi connectivity index (χ2v) is 5.00. The number of hydrogen-bond acceptors (Lipinski definition) is 4. The fourth-order valence-corrected chi connectivity index (χ4v) is 2.16. The molecule has 1 unspecified atom stereocenters. The molecule has 0 radical (unpaired) electrons. The van der Waals surface area contributed by atoms with Gasteiger partial charge < -0.3 is 10.4 Å². The highest BCUT2D eigenvalue weighted by molar-refractivity contribution is 5.94. The molecule has 0 saturated carbocycles. The molecule has 0 aliphatic carbocycles. The zero-order chi connectivity index (χ0) is 15.4. The van der Waals surface area contributed by atoms with Crippen molar-refractivity contribution in [1.82, 2.24) is 15.3 Å². The predicted octanol–water partition coefficient (Wildman–Crippen LogP) is 1.87. The van der Waals surface area contributed by atoms with Crippen LogP contribution >= 0.6 is 0 Å². The molecular formula is C16H19N3O2. The van der Waals surface area contributed by atoms with Gasteiger partial charge in [0.25, 0.3) is 5.91 Å². The topological polar surface area (TPSA) is 75.1 Å². The lowest BCUT2D eigenvalue weighted by Gasteiger charge is -2.15. The SMILES string of the molecule is Cc1ncc(C(=O)NCC(O)c2ccccc2C)c(C)n1. The van der Waals surface area contributed by atoms with E-state index in [4.69, 9.17) is 0 Å². The van der Waals surface area contributed by atoms with Gasteiger partial charge in [0.1, 0.15) is 5.82 Å². The van der Waals surface area contributed by atoms with Crippen molar-refractivity contribution in [3.63, 3.8) is 0 Å². The van der Waals surface area contributed by atoms with Crippen LogP contribution in [-0.4, -0.2) is 27.5 Å². The molecule has 0 fully saturated rings. The van der Waals surface area contributed by atoms with Crippen molar-refractivity contribution in [3.05, 3.63) is 58.7 Å². The second kappa shape index (κ2) is 6.45. The van der Waals surface area contributed by atoms with Crippen molar-refractivity contribution in [2.45, 2.75) is 26.9 Å². The number of nitrogens with zero attached hydrogens (tertiary/aromatic N) is 2. The lowest BCUT2D eigenvalue weighted by molar-refractivity contribution is 0.0914. The van der Waals surface area contributed by atoms with Gasteiger partial charge >= 0.3 is 0 Å². The van der Waals surface area contributed by atoms with Gasteiger partial charge in [-0.25, -0.2) is 9.97 Å². The summed E-state index contributed by atoms with van der Waals surface area (Å²) in [5.41, 5.74) is 2.87. The van der Waals surface area contributed by atoms with E-state index < -0.39 is 6.10 Å². The molecule has 5 nitrogen and oxygen atoms in total. The summed E-state index contributed by atoms with van der Waals surface area (Å²) >= 11 is 0. The van der Waals surface area contributed by atoms with Crippen molar-refractivity contribution in [1.29, 1.82) is 0 Å². The van der Waals surface area contributed by atoms with Crippen LogP contribution in [0, 0.1) is 20.8 Å². The number of aliphatic hydroxyl groups is 1. The van der Waals surface area contributed by atoms with E-state index in [0.717, 1.165) is 11.1 Å². The molecule has 2 rings (SSSR count). The van der Waals surface area contributed by atoms with Crippen LogP contribution in [-0.2, 0) is 0 Å². The first kappa shape index (κ1) is 15.1. The number of rotatable bonds is 4. The summed E-state index contributed by atoms with van der Waals surface area (Å²) < 4.78 is 0. The third-order valence-corrected chi connectivity index (χ3v) is 3.35. The lowest BCUT2D eigenvalue weighted by atomic mass is 10.0. The fraction of sp³-hybridized carbons (Fsp3) is 0.312. The molecule has 0 aliphatic heterocycles. The average molecular weight is 285 g/mol. The number of carbonyl (C=O) groups is 1. The highest BCUT2D eigenvalue weighted by Gasteiger charge is 2.14. The third-order valence-electron chi connectivity index (χ3n) is 3.35. The molecule has 1 aromatic carbocycles. The van der Waals surface area contributed by atoms with E-state index in [1.807, 2.05) is 31.2 Å². The molecule has 0 bridgehead atoms. The number of amides is 1. The minimum absolute atomic E-state index is 0.150. The Morgan fingerprint density at radius 1 is 1.29 bits per heavy atom. The zero-order valence-electron chi connectivity index (χ0n) is 12.4. The van der Waals surface area contributed by atoms with Gasteiger partial charge in [-0.3, -0.25) is 4.79 Å². The largest absolute Gasteiger partial charge is 0.387 e. The van der Waals surface area contributed by atoms with Gasteiger partial charge in [-0.2, -0.15) is 0 Å². The molecule has 1 amide bonds. The normalized spacial score (nSPS) is 12.0. The van der Waals surface area contributed by atoms with Gasteiger partial charge in [-0.05, 0) is 31.9 Å². The Morgan fingerprint density at radius 3 is 2.67 bits per heavy atom. The van der Waals surface area contributed by atoms with Crippen LogP contribution in [0.3, 0.4) is 0 Å². The van der Waals surface area contributed by atoms with Gasteiger partial charge in [-0.15, -0.1) is 0 Å². The number of hydrogen-bond donors (Lipinski definition) is 2. The molecule has 110 valence electrons. The summed E-state index contributed by atoms with van der Waals surface area (Å²) in [7, 11) is 0. The smallest absolute Gasteiger partial charge is 0.254 e. The minimum atomic E-state index is -0.734. The van der Waals surface area contributed by atoms with E-state index in [1.54, 1.807) is 13.8 Å². The molecule has 2 aromatic rings. The van der Waals surface area contributed by atoms with Crippen LogP contribution in [0.5, 0.6) is 0 Å². The number of aromatic nitrogens is 2. The number of aliphatic hydroxyl groups excluding tert-OH is 1. The van der Waals surface area contributed by atoms with E-state index >= 15 is 0 Å². The van der Waals surface area contributed by atoms with Crippen LogP contribution in [0.15, 0.2) is 30.5 Å². The summed E-state index contributed by atoms with van der Waals surface area (Å²) in [4.78, 5) is 20.3. The number of aryl methyl sites for hydroxylation is 3. The first-order valence-corrected chi connectivity index (χ1v) is 6.81. The first-order valence-electron chi connectivity index (χ1n) is 6.81. The fourth-order valence-electron chi connectivity index (χ4n) is 2.16. The Balaban J connectivity index is 2.02. The van der Waals surface area contributed by atoms with Crippen molar-refractivity contribution < 1.29 is 9.90 Å². The Morgan fingerprint density at radius 2 is 2.00 bits per heavy atom. The van der Waals surface area contributed by atoms with Crippen molar-refractivity contribution in [2.24, 2.45) is 0 Å². The quantitative estimate of drug-likeness (QED) is 0.899. The van der Waals surface area contributed by atoms with Gasteiger partial charge in [0.2, 0.25) is 0 Å². The summed E-state index contributed by atoms with van der Waals surface area (Å²) in [6, 6.07) is 7.56. The molecule has 2 N–H and O–H groups in total. The van der Waals surface area contributed by atoms with E-state index in [9.17, 15) is 9.90 Å². The maximum Gasteiger partial charge on any atom is 0.254 e. The maximum absolute atomic E-state index is 12.1. The minimum Gasteiger partial charge on any atom is -0.387 e. The van der Waals surface area contributed by atoms with E-state index in [2.05, 4.69) is 15.3 Å². The molecule has 1 heterocycles. The van der Waals surface area contributed by atoms with Gasteiger partial charge in [0, 0.05) is 12.7 Å². The van der Waals surface area contributed by atoms with Crippen molar-refractivity contribution >= 4 is 5.91 Å². The highest BCUT2D eigenvalue weighted by Crippen LogP contribution is 2.16. The Bertz CT molecular complexity index is 656. The third kappa shape index (κ3) is 3.64. The molecule has 0 aliphatic rings. The summed E-state index contributed by atoms with van der Waals surface area (Å²) in [6.07, 6.45) is 0.773. The van der Waals surface area contributed by atoms with E-state index in [0.29, 0.717) is 17.1 Å². The van der Waals surface area contributed by atoms with E-state index in [1.165, 1.54) is 6.20 Å². The van der Waals surface area contributed by atoms with Gasteiger partial charge in [0.05, 0.1) is 17.4 Å². The molecule has 5 heteroatoms. The van der Waals surface area contributed by atoms with Crippen LogP contribution in [0.25, 0.3) is 0 Å². The number of carbonyl (C=O) groups excluding carboxylic acids is 1. The van der Waals surface area contributed by atoms with E-state index in [-0.39, 0.29) is 12.5 Å². The summed E-state index contributed by atoms with van der Waals surface area (Å²) in [5, 5.41) is 12.9. The average Bonchev–Trinajstić information content (AvgIpc) is 2.45. The summed E-state index contributed by atoms with van der Waals surface area (Å²) in [6.45, 7) is 5.62. The lowest BCUT2D eigenvalue weighted by Crippen LogP contribution is -2.29. The second-order valence-electron chi connectivity index (χ2n) is 5.00. The van der Waals surface area contributed by atoms with Crippen molar-refractivity contribution in [2.75, 3.05) is 6.54 Å². The molecular weight excluding hydrogens is 266 g/mol. The Kier molecular flexibility index (Phi) is 4.65. The summed E-state index contributed by atoms with van der Waals surface area (Å²) in [5.74, 6) is 0.351. The molecule has 1 aromatic heterocycles. The first-order chi connectivity index (χ1) is 9.99. The number of benzene rings is 1. The Hall–Kier alpha value is -2.27. The molecule has 21 heavy (non-hydrogen) atoms. The monoisotopic (exact) mass is 285 g/mol. The maximum atomic E-state index is 12.1. The zero-order valence-corrected chi connectivity index (χ0v) is 12.4. The highest BCUT2D eigenvalue weighted by atomic mass is 16.3. The van der Waals surface area contributed by atoms with Crippen LogP contribution in [0.1, 0.15) is 39.1 Å². The van der Waals surface area contributed by atoms with Crippen molar-refractivity contribution in [3.8, 4) is 0 Å². The van der Waals surface area contributed by atoms with Crippen LogP contribution < -0.4 is 5.32 Å². The Labute approximate surface area is 124 Å². The van der Waals surface area contributed by atoms with Crippen LogP contribution in [0.2, 0.25) is 0 Å². The molecule has 0 spiro atoms. The van der Waals surface area contributed by atoms with Gasteiger partial charge in [0.15, 0.2) is 0 Å². The number of nitrogens with one attached hydrogen (secondary N) is 1. The molecule has 1 atom stereocenters. The standard InChI is InChI=1S/C16H19N3O2/c1-10-6-4-5-7-13(10)15(20)9-18-16(21)14-8-17-12(3)19-11(14)2/h4-8,15,20H,9H2,1-3H3,(H,18,21).